The Morgan fingerprint density at radius 1 is 0.960 bits per heavy atom. The minimum atomic E-state index is -0.0418. The molecule has 1 heterocycles. The maximum absolute atomic E-state index is 12.1. The third-order valence-corrected chi connectivity index (χ3v) is 4.00. The number of nitrogens with zero attached hydrogens (tertiary/aromatic N) is 2. The Morgan fingerprint density at radius 2 is 1.68 bits per heavy atom. The van der Waals surface area contributed by atoms with Crippen LogP contribution in [-0.4, -0.2) is 16.6 Å². The van der Waals surface area contributed by atoms with E-state index in [1.165, 1.54) is 25.7 Å². The van der Waals surface area contributed by atoms with Gasteiger partial charge in [-0.2, -0.15) is 5.10 Å². The molecule has 0 saturated heterocycles. The summed E-state index contributed by atoms with van der Waals surface area (Å²) in [7, 11) is 0. The third-order valence-electron chi connectivity index (χ3n) is 4.00. The highest BCUT2D eigenvalue weighted by molar-refractivity contribution is 6.11. The van der Waals surface area contributed by atoms with E-state index in [1.807, 2.05) is 48.5 Å². The summed E-state index contributed by atoms with van der Waals surface area (Å²) in [6, 6.07) is 15.5. The van der Waals surface area contributed by atoms with Crippen LogP contribution in [0.15, 0.2) is 59.8 Å². The van der Waals surface area contributed by atoms with Gasteiger partial charge in [-0.3, -0.25) is 9.78 Å². The number of benzene rings is 1. The van der Waals surface area contributed by atoms with Crippen molar-refractivity contribution in [1.82, 2.24) is 10.4 Å². The highest BCUT2D eigenvalue weighted by Crippen LogP contribution is 2.09. The Hall–Kier alpha value is -2.49. The first-order chi connectivity index (χ1) is 12.3. The maximum atomic E-state index is 12.1. The average molecular weight is 337 g/mol. The fraction of sp³-hybridized carbons (Fsp3) is 0.381. The molecule has 2 aromatic rings. The molecule has 0 fully saturated rings. The topological polar surface area (TPSA) is 54.4 Å². The molecule has 0 aliphatic carbocycles. The van der Waals surface area contributed by atoms with E-state index in [0.29, 0.717) is 12.1 Å². The molecule has 1 aromatic carbocycles. The lowest BCUT2D eigenvalue weighted by Gasteiger charge is -2.07. The molecule has 0 unspecified atom stereocenters. The van der Waals surface area contributed by atoms with Crippen LogP contribution in [0.5, 0.6) is 0 Å². The van der Waals surface area contributed by atoms with Crippen molar-refractivity contribution in [3.05, 3.63) is 66.0 Å². The molecule has 0 atom stereocenters. The van der Waals surface area contributed by atoms with Crippen LogP contribution in [0, 0.1) is 0 Å². The van der Waals surface area contributed by atoms with Crippen LogP contribution in [0.3, 0.4) is 0 Å². The van der Waals surface area contributed by atoms with E-state index in [9.17, 15) is 4.79 Å². The molecule has 0 spiro atoms. The fourth-order valence-electron chi connectivity index (χ4n) is 2.61. The van der Waals surface area contributed by atoms with Crippen molar-refractivity contribution in [2.75, 3.05) is 0 Å². The average Bonchev–Trinajstić information content (AvgIpc) is 2.66. The zero-order valence-corrected chi connectivity index (χ0v) is 14.9. The van der Waals surface area contributed by atoms with Gasteiger partial charge < -0.3 is 0 Å². The number of carbonyl (C=O) groups excluding carboxylic acids is 1. The van der Waals surface area contributed by atoms with Gasteiger partial charge >= 0.3 is 0 Å². The molecule has 4 nitrogen and oxygen atoms in total. The van der Waals surface area contributed by atoms with Crippen molar-refractivity contribution in [3.8, 4) is 0 Å². The van der Waals surface area contributed by atoms with Crippen LogP contribution in [-0.2, 0) is 4.79 Å². The molecule has 0 bridgehead atoms. The Bertz CT molecular complexity index is 612. The van der Waals surface area contributed by atoms with Gasteiger partial charge in [0, 0.05) is 18.2 Å². The molecule has 1 aromatic heterocycles. The van der Waals surface area contributed by atoms with Gasteiger partial charge in [-0.25, -0.2) is 5.43 Å². The highest BCUT2D eigenvalue weighted by atomic mass is 16.2. The van der Waals surface area contributed by atoms with Gasteiger partial charge in [0.1, 0.15) is 5.71 Å². The lowest BCUT2D eigenvalue weighted by Crippen LogP contribution is -2.20. The van der Waals surface area contributed by atoms with Crippen LogP contribution < -0.4 is 5.43 Å². The molecule has 25 heavy (non-hydrogen) atoms. The number of hydrogen-bond donors (Lipinski definition) is 1. The van der Waals surface area contributed by atoms with E-state index in [1.54, 1.807) is 6.20 Å². The second kappa shape index (κ2) is 11.1. The molecule has 4 heteroatoms. The largest absolute Gasteiger partial charge is 0.273 e. The molecule has 0 saturated carbocycles. The van der Waals surface area contributed by atoms with Crippen molar-refractivity contribution >= 4 is 11.6 Å². The molecule has 132 valence electrons. The molecule has 1 amide bonds. The summed E-state index contributed by atoms with van der Waals surface area (Å²) in [5, 5.41) is 4.35. The van der Waals surface area contributed by atoms with Gasteiger partial charge in [0.15, 0.2) is 0 Å². The summed E-state index contributed by atoms with van der Waals surface area (Å²) in [5.74, 6) is -0.0418. The van der Waals surface area contributed by atoms with E-state index in [0.717, 1.165) is 24.1 Å². The molecule has 2 rings (SSSR count). The predicted octanol–water partition coefficient (Wildman–Crippen LogP) is 4.70. The Kier molecular flexibility index (Phi) is 8.39. The molecule has 0 aliphatic heterocycles. The highest BCUT2D eigenvalue weighted by Gasteiger charge is 2.09. The Balaban J connectivity index is 1.93. The number of nitrogens with one attached hydrogen (secondary N) is 1. The van der Waals surface area contributed by atoms with Crippen LogP contribution in [0.1, 0.15) is 63.1 Å². The lowest BCUT2D eigenvalue weighted by molar-refractivity contribution is -0.121. The quantitative estimate of drug-likeness (QED) is 0.388. The smallest absolute Gasteiger partial charge is 0.240 e. The van der Waals surface area contributed by atoms with Gasteiger partial charge in [-0.05, 0) is 18.6 Å². The molecule has 0 aliphatic rings. The second-order valence-corrected chi connectivity index (χ2v) is 6.09. The normalized spacial score (nSPS) is 11.3. The van der Waals surface area contributed by atoms with Crippen LogP contribution >= 0.6 is 0 Å². The van der Waals surface area contributed by atoms with E-state index < -0.39 is 0 Å². The monoisotopic (exact) mass is 337 g/mol. The van der Waals surface area contributed by atoms with E-state index in [4.69, 9.17) is 0 Å². The zero-order chi connectivity index (χ0) is 17.7. The van der Waals surface area contributed by atoms with Crippen LogP contribution in [0.25, 0.3) is 0 Å². The summed E-state index contributed by atoms with van der Waals surface area (Å²) >= 11 is 0. The summed E-state index contributed by atoms with van der Waals surface area (Å²) in [4.78, 5) is 16.4. The number of unbranched alkanes of at least 4 members (excludes halogenated alkanes) is 5. The van der Waals surface area contributed by atoms with Crippen molar-refractivity contribution in [2.24, 2.45) is 5.10 Å². The van der Waals surface area contributed by atoms with Gasteiger partial charge in [0.05, 0.1) is 5.69 Å². The summed E-state index contributed by atoms with van der Waals surface area (Å²) < 4.78 is 0. The lowest BCUT2D eigenvalue weighted by atomic mass is 10.1. The van der Waals surface area contributed by atoms with Crippen LogP contribution in [0.2, 0.25) is 0 Å². The number of hydrogen-bond acceptors (Lipinski definition) is 3. The number of hydrazone groups is 1. The van der Waals surface area contributed by atoms with Gasteiger partial charge in [-0.1, -0.05) is 75.4 Å². The first kappa shape index (κ1) is 18.8. The zero-order valence-electron chi connectivity index (χ0n) is 14.9. The number of carbonyl (C=O) groups is 1. The predicted molar refractivity (Wildman–Crippen MR) is 102 cm³/mol. The number of aromatic nitrogens is 1. The van der Waals surface area contributed by atoms with Gasteiger partial charge in [0.25, 0.3) is 0 Å². The third kappa shape index (κ3) is 6.87. The second-order valence-electron chi connectivity index (χ2n) is 6.09. The minimum absolute atomic E-state index is 0.0418. The number of pyridine rings is 1. The van der Waals surface area contributed by atoms with Gasteiger partial charge in [0.2, 0.25) is 5.91 Å². The maximum Gasteiger partial charge on any atom is 0.240 e. The summed E-state index contributed by atoms with van der Waals surface area (Å²) in [6.45, 7) is 2.21. The molecule has 0 radical (unpaired) electrons. The minimum Gasteiger partial charge on any atom is -0.273 e. The first-order valence-electron chi connectivity index (χ1n) is 9.14. The number of rotatable bonds is 10. The van der Waals surface area contributed by atoms with Crippen molar-refractivity contribution < 1.29 is 4.79 Å². The van der Waals surface area contributed by atoms with Crippen LogP contribution in [0.4, 0.5) is 0 Å². The van der Waals surface area contributed by atoms with E-state index in [-0.39, 0.29) is 5.91 Å². The van der Waals surface area contributed by atoms with E-state index in [2.05, 4.69) is 22.4 Å². The summed E-state index contributed by atoms with van der Waals surface area (Å²) in [6.07, 6.45) is 9.23. The molecular formula is C21H27N3O. The SMILES string of the molecule is CCCCCCCCC(=O)NN=C(c1ccccc1)c1ccccn1. The van der Waals surface area contributed by atoms with Crippen molar-refractivity contribution in [1.29, 1.82) is 0 Å². The first-order valence-corrected chi connectivity index (χ1v) is 9.14. The van der Waals surface area contributed by atoms with Gasteiger partial charge in [-0.15, -0.1) is 0 Å². The van der Waals surface area contributed by atoms with E-state index >= 15 is 0 Å². The fourth-order valence-corrected chi connectivity index (χ4v) is 2.61. The Morgan fingerprint density at radius 3 is 2.40 bits per heavy atom. The Labute approximate surface area is 150 Å². The standard InChI is InChI=1S/C21H27N3O/c1-2-3-4-5-6-10-16-20(25)23-24-21(18-13-8-7-9-14-18)19-15-11-12-17-22-19/h7-9,11-15,17H,2-6,10,16H2,1H3,(H,23,25). The number of amides is 1. The van der Waals surface area contributed by atoms with Crippen molar-refractivity contribution in [2.45, 2.75) is 51.9 Å². The molecular weight excluding hydrogens is 310 g/mol. The summed E-state index contributed by atoms with van der Waals surface area (Å²) in [5.41, 5.74) is 5.04. The van der Waals surface area contributed by atoms with Crippen molar-refractivity contribution in [3.63, 3.8) is 0 Å². The molecule has 1 N–H and O–H groups in total.